The largest absolute Gasteiger partial charge is 0.384 e. The fraction of sp³-hybridized carbons (Fsp3) is 0.857. The zero-order valence-electron chi connectivity index (χ0n) is 12.2. The maximum atomic E-state index is 5.46. The van der Waals surface area contributed by atoms with Gasteiger partial charge in [0, 0.05) is 32.2 Å². The molecule has 2 heterocycles. The summed E-state index contributed by atoms with van der Waals surface area (Å²) in [5.41, 5.74) is 0. The van der Waals surface area contributed by atoms with Crippen LogP contribution in [0.3, 0.4) is 0 Å². The first-order valence-corrected chi connectivity index (χ1v) is 8.11. The molecule has 5 nitrogen and oxygen atoms in total. The first kappa shape index (κ1) is 14.1. The summed E-state index contributed by atoms with van der Waals surface area (Å²) in [5.74, 6) is 1.66. The van der Waals surface area contributed by atoms with E-state index in [9.17, 15) is 0 Å². The van der Waals surface area contributed by atoms with Gasteiger partial charge < -0.3 is 9.64 Å². The number of nitrogens with zero attached hydrogens (tertiary/aromatic N) is 3. The van der Waals surface area contributed by atoms with E-state index in [0.717, 1.165) is 30.4 Å². The molecule has 1 aromatic heterocycles. The first-order chi connectivity index (χ1) is 9.79. The topological polar surface area (TPSA) is 46.1 Å². The molecule has 1 atom stereocenters. The number of aromatic amines is 1. The fourth-order valence-corrected chi connectivity index (χ4v) is 3.85. The third-order valence-electron chi connectivity index (χ3n) is 4.60. The molecule has 6 heteroatoms. The third-order valence-corrected chi connectivity index (χ3v) is 4.88. The molecular weight excluding hydrogens is 272 g/mol. The van der Waals surface area contributed by atoms with Gasteiger partial charge in [-0.05, 0) is 31.5 Å². The van der Waals surface area contributed by atoms with Crippen molar-refractivity contribution in [3.63, 3.8) is 0 Å². The number of hydrogen-bond donors (Lipinski definition) is 1. The van der Waals surface area contributed by atoms with Crippen molar-refractivity contribution in [2.45, 2.75) is 44.6 Å². The van der Waals surface area contributed by atoms with Gasteiger partial charge in [0.2, 0.25) is 5.95 Å². The summed E-state index contributed by atoms with van der Waals surface area (Å²) in [4.78, 5) is 2.37. The Hall–Kier alpha value is -0.880. The SMILES string of the molecule is COCC1CCN(c2n[nH]c(=S)n2C2CCCCC2)C1. The third kappa shape index (κ3) is 2.76. The van der Waals surface area contributed by atoms with Gasteiger partial charge in [0.15, 0.2) is 4.77 Å². The lowest BCUT2D eigenvalue weighted by Gasteiger charge is -2.27. The molecule has 20 heavy (non-hydrogen) atoms. The van der Waals surface area contributed by atoms with E-state index in [1.54, 1.807) is 7.11 Å². The molecule has 112 valence electrons. The molecule has 0 radical (unpaired) electrons. The van der Waals surface area contributed by atoms with Crippen molar-refractivity contribution in [2.24, 2.45) is 5.92 Å². The van der Waals surface area contributed by atoms with Crippen molar-refractivity contribution in [3.8, 4) is 0 Å². The minimum atomic E-state index is 0.534. The van der Waals surface area contributed by atoms with Gasteiger partial charge >= 0.3 is 0 Å². The van der Waals surface area contributed by atoms with Crippen molar-refractivity contribution >= 4 is 18.2 Å². The van der Waals surface area contributed by atoms with Gasteiger partial charge in [0.25, 0.3) is 0 Å². The number of hydrogen-bond acceptors (Lipinski definition) is 4. The number of nitrogens with one attached hydrogen (secondary N) is 1. The van der Waals surface area contributed by atoms with Crippen molar-refractivity contribution in [1.29, 1.82) is 0 Å². The highest BCUT2D eigenvalue weighted by Crippen LogP contribution is 2.32. The predicted molar refractivity (Wildman–Crippen MR) is 81.7 cm³/mol. The Morgan fingerprint density at radius 1 is 1.30 bits per heavy atom. The molecule has 0 spiro atoms. The highest BCUT2D eigenvalue weighted by Gasteiger charge is 2.28. The summed E-state index contributed by atoms with van der Waals surface area (Å²) in [5, 5.41) is 7.50. The Morgan fingerprint density at radius 2 is 2.10 bits per heavy atom. The number of H-pyrrole nitrogens is 1. The molecular formula is C14H24N4OS. The monoisotopic (exact) mass is 296 g/mol. The minimum absolute atomic E-state index is 0.534. The summed E-state index contributed by atoms with van der Waals surface area (Å²) in [6, 6.07) is 0.534. The van der Waals surface area contributed by atoms with Gasteiger partial charge in [-0.3, -0.25) is 4.57 Å². The average molecular weight is 296 g/mol. The Morgan fingerprint density at radius 3 is 2.85 bits per heavy atom. The van der Waals surface area contributed by atoms with Gasteiger partial charge in [-0.1, -0.05) is 19.3 Å². The number of anilines is 1. The van der Waals surface area contributed by atoms with Crippen LogP contribution in [-0.4, -0.2) is 41.6 Å². The van der Waals surface area contributed by atoms with Gasteiger partial charge in [-0.2, -0.15) is 0 Å². The minimum Gasteiger partial charge on any atom is -0.384 e. The van der Waals surface area contributed by atoms with Crippen LogP contribution in [0, 0.1) is 10.7 Å². The number of methoxy groups -OCH3 is 1. The standard InChI is InChI=1S/C14H24N4OS/c1-19-10-11-7-8-17(9-11)13-15-16-14(20)18(13)12-5-3-2-4-6-12/h11-12H,2-10H2,1H3,(H,16,20). The molecule has 3 rings (SSSR count). The number of aromatic nitrogens is 3. The summed E-state index contributed by atoms with van der Waals surface area (Å²) < 4.78 is 8.33. The molecule has 0 aromatic carbocycles. The van der Waals surface area contributed by atoms with E-state index >= 15 is 0 Å². The number of rotatable bonds is 4. The normalized spacial score (nSPS) is 24.4. The zero-order valence-corrected chi connectivity index (χ0v) is 13.0. The molecule has 2 aliphatic rings. The van der Waals surface area contributed by atoms with Crippen LogP contribution in [-0.2, 0) is 4.74 Å². The Kier molecular flexibility index (Phi) is 4.41. The quantitative estimate of drug-likeness (QED) is 0.868. The van der Waals surface area contributed by atoms with Crippen LogP contribution >= 0.6 is 12.2 Å². The fourth-order valence-electron chi connectivity index (χ4n) is 3.57. The van der Waals surface area contributed by atoms with Crippen LogP contribution in [0.25, 0.3) is 0 Å². The number of ether oxygens (including phenoxy) is 1. The summed E-state index contributed by atoms with van der Waals surface area (Å²) in [6.07, 6.45) is 7.62. The molecule has 1 aliphatic heterocycles. The van der Waals surface area contributed by atoms with Crippen LogP contribution in [0.15, 0.2) is 0 Å². The molecule has 2 fully saturated rings. The highest BCUT2D eigenvalue weighted by atomic mass is 32.1. The van der Waals surface area contributed by atoms with E-state index < -0.39 is 0 Å². The summed E-state index contributed by atoms with van der Waals surface area (Å²) in [7, 11) is 1.78. The van der Waals surface area contributed by atoms with Crippen molar-refractivity contribution < 1.29 is 4.74 Å². The van der Waals surface area contributed by atoms with Crippen molar-refractivity contribution in [1.82, 2.24) is 14.8 Å². The van der Waals surface area contributed by atoms with E-state index in [4.69, 9.17) is 17.0 Å². The Balaban J connectivity index is 1.78. The van der Waals surface area contributed by atoms with Crippen molar-refractivity contribution in [3.05, 3.63) is 4.77 Å². The Labute approximate surface area is 125 Å². The van der Waals surface area contributed by atoms with E-state index in [-0.39, 0.29) is 0 Å². The van der Waals surface area contributed by atoms with Gasteiger partial charge in [-0.15, -0.1) is 5.10 Å². The predicted octanol–water partition coefficient (Wildman–Crippen LogP) is 2.92. The smallest absolute Gasteiger partial charge is 0.225 e. The maximum Gasteiger partial charge on any atom is 0.225 e. The molecule has 1 N–H and O–H groups in total. The lowest BCUT2D eigenvalue weighted by molar-refractivity contribution is 0.160. The highest BCUT2D eigenvalue weighted by molar-refractivity contribution is 7.71. The average Bonchev–Trinajstić information content (AvgIpc) is 3.07. The maximum absolute atomic E-state index is 5.46. The molecule has 1 aromatic rings. The van der Waals surface area contributed by atoms with Crippen LogP contribution in [0.1, 0.15) is 44.6 Å². The lowest BCUT2D eigenvalue weighted by atomic mass is 9.95. The van der Waals surface area contributed by atoms with E-state index in [1.807, 2.05) is 0 Å². The van der Waals surface area contributed by atoms with E-state index in [0.29, 0.717) is 12.0 Å². The van der Waals surface area contributed by atoms with Gasteiger partial charge in [0.1, 0.15) is 0 Å². The second-order valence-electron chi connectivity index (χ2n) is 6.05. The Bertz CT molecular complexity index is 492. The van der Waals surface area contributed by atoms with E-state index in [2.05, 4.69) is 19.7 Å². The van der Waals surface area contributed by atoms with Crippen LogP contribution in [0.2, 0.25) is 0 Å². The van der Waals surface area contributed by atoms with Gasteiger partial charge in [-0.25, -0.2) is 5.10 Å². The lowest BCUT2D eigenvalue weighted by Crippen LogP contribution is -2.26. The molecule has 1 unspecified atom stereocenters. The van der Waals surface area contributed by atoms with Crippen LogP contribution in [0.4, 0.5) is 5.95 Å². The molecule has 1 saturated heterocycles. The van der Waals surface area contributed by atoms with Gasteiger partial charge in [0.05, 0.1) is 6.61 Å². The van der Waals surface area contributed by atoms with E-state index in [1.165, 1.54) is 38.5 Å². The van der Waals surface area contributed by atoms with Crippen LogP contribution in [0.5, 0.6) is 0 Å². The zero-order chi connectivity index (χ0) is 13.9. The first-order valence-electron chi connectivity index (χ1n) is 7.70. The summed E-state index contributed by atoms with van der Waals surface area (Å²) >= 11 is 5.46. The van der Waals surface area contributed by atoms with Crippen LogP contribution < -0.4 is 4.90 Å². The summed E-state index contributed by atoms with van der Waals surface area (Å²) in [6.45, 7) is 2.92. The molecule has 0 bridgehead atoms. The van der Waals surface area contributed by atoms with Crippen molar-refractivity contribution in [2.75, 3.05) is 31.7 Å². The molecule has 1 saturated carbocycles. The second kappa shape index (κ2) is 6.26. The molecule has 1 aliphatic carbocycles. The molecule has 0 amide bonds. The second-order valence-corrected chi connectivity index (χ2v) is 6.43.